The van der Waals surface area contributed by atoms with E-state index in [4.69, 9.17) is 0 Å². The van der Waals surface area contributed by atoms with Crippen molar-refractivity contribution in [1.29, 1.82) is 0 Å². The molecule has 0 radical (unpaired) electrons. The van der Waals surface area contributed by atoms with Gasteiger partial charge in [-0.1, -0.05) is 27.3 Å². The number of rotatable bonds is 2. The first-order chi connectivity index (χ1) is 9.11. The minimum absolute atomic E-state index is 0.212. The van der Waals surface area contributed by atoms with E-state index < -0.39 is 0 Å². The summed E-state index contributed by atoms with van der Waals surface area (Å²) in [6.07, 6.45) is 0.865. The van der Waals surface area contributed by atoms with E-state index in [1.54, 1.807) is 0 Å². The molecule has 1 fully saturated rings. The lowest BCUT2D eigenvalue weighted by atomic mass is 10.1. The van der Waals surface area contributed by atoms with E-state index in [0.29, 0.717) is 18.0 Å². The van der Waals surface area contributed by atoms with Crippen LogP contribution < -0.4 is 10.6 Å². The van der Waals surface area contributed by atoms with Crippen LogP contribution in [0.15, 0.2) is 22.7 Å². The Labute approximate surface area is 121 Å². The quantitative estimate of drug-likeness (QED) is 0.823. The van der Waals surface area contributed by atoms with Gasteiger partial charge in [0.1, 0.15) is 6.04 Å². The largest absolute Gasteiger partial charge is 0.350 e. The number of nitrogens with zero attached hydrogens (tertiary/aromatic N) is 1. The van der Waals surface area contributed by atoms with E-state index in [1.165, 1.54) is 11.3 Å². The molecule has 19 heavy (non-hydrogen) atoms. The number of fused-ring (bicyclic) bond motifs is 1. The third-order valence-electron chi connectivity index (χ3n) is 2.89. The van der Waals surface area contributed by atoms with E-state index in [1.807, 2.05) is 18.2 Å². The molecule has 1 atom stereocenters. The highest BCUT2D eigenvalue weighted by atomic mass is 79.9. The molecule has 0 bridgehead atoms. The second kappa shape index (κ2) is 4.90. The zero-order valence-electron chi connectivity index (χ0n) is 9.77. The summed E-state index contributed by atoms with van der Waals surface area (Å²) >= 11 is 4.89. The Kier molecular flexibility index (Phi) is 3.24. The van der Waals surface area contributed by atoms with Crippen molar-refractivity contribution >= 4 is 54.4 Å². The van der Waals surface area contributed by atoms with Gasteiger partial charge in [-0.3, -0.25) is 14.9 Å². The molecular weight excluding hydrogens is 330 g/mol. The second-order valence-electron chi connectivity index (χ2n) is 4.28. The lowest BCUT2D eigenvalue weighted by Crippen LogP contribution is -2.47. The number of thiazole rings is 1. The Balaban J connectivity index is 1.81. The van der Waals surface area contributed by atoms with Gasteiger partial charge in [0.15, 0.2) is 5.13 Å². The van der Waals surface area contributed by atoms with Crippen molar-refractivity contribution in [2.75, 3.05) is 5.32 Å². The molecule has 1 aromatic heterocycles. The predicted molar refractivity (Wildman–Crippen MR) is 77.1 cm³/mol. The van der Waals surface area contributed by atoms with Gasteiger partial charge in [0.25, 0.3) is 0 Å². The Bertz CT molecular complexity index is 670. The first-order valence-electron chi connectivity index (χ1n) is 5.78. The fourth-order valence-electron chi connectivity index (χ4n) is 1.94. The molecule has 1 unspecified atom stereocenters. The number of hydrogen-bond acceptors (Lipinski definition) is 5. The van der Waals surface area contributed by atoms with Gasteiger partial charge in [-0.2, -0.15) is 0 Å². The van der Waals surface area contributed by atoms with E-state index in [0.717, 1.165) is 14.7 Å². The third-order valence-corrected chi connectivity index (χ3v) is 4.35. The minimum atomic E-state index is -0.387. The van der Waals surface area contributed by atoms with Gasteiger partial charge in [0.2, 0.25) is 11.8 Å². The fraction of sp³-hybridized carbons (Fsp3) is 0.250. The Morgan fingerprint density at radius 1 is 1.42 bits per heavy atom. The predicted octanol–water partition coefficient (Wildman–Crippen LogP) is 2.28. The first-order valence-corrected chi connectivity index (χ1v) is 7.39. The minimum Gasteiger partial charge on any atom is -0.350 e. The molecule has 7 heteroatoms. The first kappa shape index (κ1) is 12.6. The van der Waals surface area contributed by atoms with E-state index in [-0.39, 0.29) is 17.9 Å². The molecule has 1 saturated heterocycles. The lowest BCUT2D eigenvalue weighted by molar-refractivity contribution is -0.133. The van der Waals surface area contributed by atoms with Crippen LogP contribution in [-0.2, 0) is 9.59 Å². The van der Waals surface area contributed by atoms with Crippen LogP contribution >= 0.6 is 27.3 Å². The Morgan fingerprint density at radius 2 is 2.26 bits per heavy atom. The monoisotopic (exact) mass is 339 g/mol. The molecule has 5 nitrogen and oxygen atoms in total. The van der Waals surface area contributed by atoms with Gasteiger partial charge in [0.05, 0.1) is 10.2 Å². The number of piperidine rings is 1. The van der Waals surface area contributed by atoms with Crippen LogP contribution in [0, 0.1) is 0 Å². The molecule has 98 valence electrons. The van der Waals surface area contributed by atoms with Crippen molar-refractivity contribution in [2.24, 2.45) is 0 Å². The molecule has 0 spiro atoms. The number of carbonyl (C=O) groups excluding carboxylic acids is 2. The topological polar surface area (TPSA) is 71.1 Å². The van der Waals surface area contributed by atoms with Gasteiger partial charge in [-0.15, -0.1) is 0 Å². The van der Waals surface area contributed by atoms with E-state index in [9.17, 15) is 9.59 Å². The molecule has 1 aliphatic rings. The van der Waals surface area contributed by atoms with Crippen LogP contribution in [0.4, 0.5) is 5.13 Å². The Morgan fingerprint density at radius 3 is 3.05 bits per heavy atom. The maximum atomic E-state index is 11.7. The summed E-state index contributed by atoms with van der Waals surface area (Å²) in [7, 11) is 0. The molecule has 2 amide bonds. The maximum absolute atomic E-state index is 11.7. The van der Waals surface area contributed by atoms with Crippen molar-refractivity contribution in [3.8, 4) is 0 Å². The number of carbonyl (C=O) groups is 2. The van der Waals surface area contributed by atoms with Gasteiger partial charge in [-0.05, 0) is 24.6 Å². The molecule has 1 aromatic carbocycles. The summed E-state index contributed by atoms with van der Waals surface area (Å²) < 4.78 is 2.02. The molecule has 2 heterocycles. The van der Waals surface area contributed by atoms with Gasteiger partial charge in [-0.25, -0.2) is 4.98 Å². The molecular formula is C12H10BrN3O2S. The maximum Gasteiger partial charge on any atom is 0.249 e. The SMILES string of the molecule is O=C1CCC(Nc2nc3cc(Br)ccc3s2)C(=O)N1. The highest BCUT2D eigenvalue weighted by molar-refractivity contribution is 9.10. The third kappa shape index (κ3) is 2.62. The van der Waals surface area contributed by atoms with Crippen molar-refractivity contribution in [3.05, 3.63) is 22.7 Å². The summed E-state index contributed by atoms with van der Waals surface area (Å²) in [5.74, 6) is -0.493. The molecule has 1 aliphatic heterocycles. The molecule has 2 N–H and O–H groups in total. The van der Waals surface area contributed by atoms with Crippen LogP contribution in [0.3, 0.4) is 0 Å². The normalized spacial score (nSPS) is 19.5. The van der Waals surface area contributed by atoms with E-state index in [2.05, 4.69) is 31.5 Å². The number of anilines is 1. The van der Waals surface area contributed by atoms with Crippen molar-refractivity contribution < 1.29 is 9.59 Å². The number of amides is 2. The molecule has 2 aromatic rings. The van der Waals surface area contributed by atoms with Crippen molar-refractivity contribution in [3.63, 3.8) is 0 Å². The van der Waals surface area contributed by atoms with Crippen LogP contribution in [0.5, 0.6) is 0 Å². The van der Waals surface area contributed by atoms with Crippen LogP contribution in [-0.4, -0.2) is 22.8 Å². The van der Waals surface area contributed by atoms with Gasteiger partial charge < -0.3 is 5.32 Å². The van der Waals surface area contributed by atoms with Crippen LogP contribution in [0.1, 0.15) is 12.8 Å². The summed E-state index contributed by atoms with van der Waals surface area (Å²) in [6.45, 7) is 0. The van der Waals surface area contributed by atoms with Crippen LogP contribution in [0.2, 0.25) is 0 Å². The number of hydrogen-bond donors (Lipinski definition) is 2. The highest BCUT2D eigenvalue weighted by Gasteiger charge is 2.27. The summed E-state index contributed by atoms with van der Waals surface area (Å²) in [5, 5.41) is 6.11. The standard InChI is InChI=1S/C12H10BrN3O2S/c13-6-1-3-9-8(5-6)15-12(19-9)14-7-2-4-10(17)16-11(7)18/h1,3,5,7H,2,4H2,(H,14,15)(H,16,17,18). The van der Waals surface area contributed by atoms with Crippen LogP contribution in [0.25, 0.3) is 10.2 Å². The summed E-state index contributed by atoms with van der Waals surface area (Å²) in [5.41, 5.74) is 0.883. The molecule has 3 rings (SSSR count). The fourth-order valence-corrected chi connectivity index (χ4v) is 3.19. The zero-order valence-corrected chi connectivity index (χ0v) is 12.2. The number of benzene rings is 1. The van der Waals surface area contributed by atoms with Gasteiger partial charge in [0, 0.05) is 10.9 Å². The number of aromatic nitrogens is 1. The number of halogens is 1. The Hall–Kier alpha value is -1.47. The highest BCUT2D eigenvalue weighted by Crippen LogP contribution is 2.29. The molecule has 0 aliphatic carbocycles. The van der Waals surface area contributed by atoms with Crippen molar-refractivity contribution in [1.82, 2.24) is 10.3 Å². The van der Waals surface area contributed by atoms with Gasteiger partial charge >= 0.3 is 0 Å². The average molecular weight is 340 g/mol. The van der Waals surface area contributed by atoms with Crippen molar-refractivity contribution in [2.45, 2.75) is 18.9 Å². The lowest BCUT2D eigenvalue weighted by Gasteiger charge is -2.21. The summed E-state index contributed by atoms with van der Waals surface area (Å²) in [4.78, 5) is 27.2. The smallest absolute Gasteiger partial charge is 0.249 e. The number of imide groups is 1. The second-order valence-corrected chi connectivity index (χ2v) is 6.23. The van der Waals surface area contributed by atoms with E-state index >= 15 is 0 Å². The summed E-state index contributed by atoms with van der Waals surface area (Å²) in [6, 6.07) is 5.48. The molecule has 0 saturated carbocycles. The number of nitrogens with one attached hydrogen (secondary N) is 2. The average Bonchev–Trinajstić information content (AvgIpc) is 2.74. The zero-order chi connectivity index (χ0) is 13.4.